The first-order valence-corrected chi connectivity index (χ1v) is 24.4. The van der Waals surface area contributed by atoms with Crippen LogP contribution < -0.4 is 10.6 Å². The molecule has 0 saturated heterocycles. The summed E-state index contributed by atoms with van der Waals surface area (Å²) in [6, 6.07) is -1.38. The van der Waals surface area contributed by atoms with Gasteiger partial charge in [-0.1, -0.05) is 206 Å². The van der Waals surface area contributed by atoms with E-state index >= 15 is 0 Å². The number of hydrogen-bond donors (Lipinski definition) is 4. The van der Waals surface area contributed by atoms with Crippen molar-refractivity contribution >= 4 is 23.8 Å². The number of aliphatic hydroxyl groups excluding tert-OH is 1. The molecule has 0 fully saturated rings. The predicted octanol–water partition coefficient (Wildman–Crippen LogP) is 12.4. The van der Waals surface area contributed by atoms with Crippen molar-refractivity contribution in [2.45, 2.75) is 270 Å². The van der Waals surface area contributed by atoms with Gasteiger partial charge in [-0.3, -0.25) is 14.4 Å². The maximum atomic E-state index is 12.8. The zero-order valence-electron chi connectivity index (χ0n) is 37.4. The fourth-order valence-electron chi connectivity index (χ4n) is 7.60. The van der Waals surface area contributed by atoms with Crippen molar-refractivity contribution < 1.29 is 34.1 Å². The largest absolute Gasteiger partial charge is 0.480 e. The lowest BCUT2D eigenvalue weighted by molar-refractivity contribution is -0.150. The third-order valence-electron chi connectivity index (χ3n) is 11.4. The molecule has 2 amide bonds. The van der Waals surface area contributed by atoms with E-state index in [2.05, 4.69) is 24.5 Å². The number of carboxylic acid groups (broad SMARTS) is 1. The maximum Gasteiger partial charge on any atom is 0.328 e. The molecule has 9 heteroatoms. The number of amides is 2. The molecule has 0 radical (unpaired) electrons. The molecule has 4 N–H and O–H groups in total. The van der Waals surface area contributed by atoms with Gasteiger partial charge in [0.25, 0.3) is 0 Å². The van der Waals surface area contributed by atoms with Gasteiger partial charge in [-0.2, -0.15) is 0 Å². The fourth-order valence-corrected chi connectivity index (χ4v) is 7.60. The molecule has 336 valence electrons. The zero-order chi connectivity index (χ0) is 41.9. The number of rotatable bonds is 45. The summed E-state index contributed by atoms with van der Waals surface area (Å²) in [6.07, 6.45) is 45.6. The van der Waals surface area contributed by atoms with E-state index in [1.54, 1.807) is 0 Å². The molecule has 0 aliphatic carbocycles. The first-order valence-electron chi connectivity index (χ1n) is 24.4. The van der Waals surface area contributed by atoms with Crippen LogP contribution in [-0.4, -0.2) is 59.3 Å². The average Bonchev–Trinajstić information content (AvgIpc) is 3.20. The maximum absolute atomic E-state index is 12.8. The molecule has 57 heavy (non-hydrogen) atoms. The molecule has 0 aromatic carbocycles. The van der Waals surface area contributed by atoms with Gasteiger partial charge in [0.05, 0.1) is 13.2 Å². The monoisotopic (exact) mass is 809 g/mol. The number of esters is 1. The summed E-state index contributed by atoms with van der Waals surface area (Å²) < 4.78 is 6.06. The van der Waals surface area contributed by atoms with Crippen LogP contribution in [-0.2, 0) is 23.9 Å². The molecule has 0 aromatic rings. The third-order valence-corrected chi connectivity index (χ3v) is 11.4. The van der Waals surface area contributed by atoms with Crippen LogP contribution in [0.3, 0.4) is 0 Å². The van der Waals surface area contributed by atoms with E-state index in [0.29, 0.717) is 19.3 Å². The summed E-state index contributed by atoms with van der Waals surface area (Å²) in [5, 5.41) is 22.6. The van der Waals surface area contributed by atoms with Gasteiger partial charge < -0.3 is 25.6 Å². The highest BCUT2D eigenvalue weighted by Crippen LogP contribution is 2.20. The van der Waals surface area contributed by atoms with E-state index in [0.717, 1.165) is 57.8 Å². The van der Waals surface area contributed by atoms with Crippen molar-refractivity contribution in [1.82, 2.24) is 10.6 Å². The topological polar surface area (TPSA) is 142 Å². The lowest BCUT2D eigenvalue weighted by atomic mass is 10.0. The summed E-state index contributed by atoms with van der Waals surface area (Å²) in [5.74, 6) is -2.26. The van der Waals surface area contributed by atoms with Crippen LogP contribution in [0.4, 0.5) is 0 Å². The predicted molar refractivity (Wildman–Crippen MR) is 236 cm³/mol. The Morgan fingerprint density at radius 3 is 1.14 bits per heavy atom. The van der Waals surface area contributed by atoms with Crippen LogP contribution in [0.25, 0.3) is 0 Å². The number of unbranched alkanes of at least 4 members (excludes halogenated alkanes) is 31. The third kappa shape index (κ3) is 40.4. The van der Waals surface area contributed by atoms with Gasteiger partial charge in [0.15, 0.2) is 0 Å². The summed E-state index contributed by atoms with van der Waals surface area (Å²) in [6.45, 7) is 3.52. The Hall–Kier alpha value is -2.16. The van der Waals surface area contributed by atoms with Crippen LogP contribution in [0.2, 0.25) is 0 Å². The van der Waals surface area contributed by atoms with Gasteiger partial charge in [-0.15, -0.1) is 0 Å². The smallest absolute Gasteiger partial charge is 0.328 e. The zero-order valence-corrected chi connectivity index (χ0v) is 37.4. The molecule has 0 aromatic heterocycles. The van der Waals surface area contributed by atoms with Crippen molar-refractivity contribution in [1.29, 1.82) is 0 Å². The van der Waals surface area contributed by atoms with Gasteiger partial charge in [0.1, 0.15) is 12.1 Å². The van der Waals surface area contributed by atoms with Crippen molar-refractivity contribution in [3.05, 3.63) is 0 Å². The number of aliphatic hydroxyl groups is 1. The second-order valence-corrected chi connectivity index (χ2v) is 16.9. The molecule has 0 rings (SSSR count). The minimum atomic E-state index is -1.38. The van der Waals surface area contributed by atoms with Gasteiger partial charge in [0, 0.05) is 12.8 Å². The molecule has 0 spiro atoms. The van der Waals surface area contributed by atoms with Crippen molar-refractivity contribution in [3.63, 3.8) is 0 Å². The Bertz CT molecular complexity index is 930. The Morgan fingerprint density at radius 1 is 0.456 bits per heavy atom. The highest BCUT2D eigenvalue weighted by Gasteiger charge is 2.19. The van der Waals surface area contributed by atoms with E-state index in [9.17, 15) is 19.2 Å². The number of carbonyl (C=O) groups is 4. The average molecular weight is 809 g/mol. The molecule has 2 unspecified atom stereocenters. The first-order chi connectivity index (χ1) is 27.8. The van der Waals surface area contributed by atoms with Crippen LogP contribution >= 0.6 is 0 Å². The SMILES string of the molecule is CCCCCCCCCCCCCCCCCC(CCCCCCCC(=O)NCC(=O)NC(CO)C(=O)O)OC(=O)CCCCCCCCCCCCCCCC. The standard InChI is InChI=1S/C48H92N2O7/c1-3-5-7-9-11-13-15-17-19-20-22-24-26-29-33-37-43(57-47(54)40-36-32-27-25-23-21-18-16-14-12-10-8-6-4-2)38-34-30-28-31-35-39-45(52)49-41-46(53)50-44(42-51)48(55)56/h43-44,51H,3-42H2,1-2H3,(H,49,52)(H,50,53)(H,55,56). The first kappa shape index (κ1) is 54.8. The normalized spacial score (nSPS) is 12.3. The second kappa shape index (κ2) is 43.4. The Kier molecular flexibility index (Phi) is 41.8. The second-order valence-electron chi connectivity index (χ2n) is 16.9. The minimum absolute atomic E-state index is 0.00500. The molecule has 9 nitrogen and oxygen atoms in total. The number of carboxylic acids is 1. The quantitative estimate of drug-likeness (QED) is 0.0354. The lowest BCUT2D eigenvalue weighted by Gasteiger charge is -2.18. The van der Waals surface area contributed by atoms with Crippen molar-refractivity contribution in [3.8, 4) is 0 Å². The number of nitrogens with one attached hydrogen (secondary N) is 2. The molecule has 0 heterocycles. The molecule has 0 saturated carbocycles. The van der Waals surface area contributed by atoms with Crippen LogP contribution in [0, 0.1) is 0 Å². The van der Waals surface area contributed by atoms with Gasteiger partial charge >= 0.3 is 11.9 Å². The van der Waals surface area contributed by atoms with Crippen LogP contribution in [0.15, 0.2) is 0 Å². The minimum Gasteiger partial charge on any atom is -0.480 e. The van der Waals surface area contributed by atoms with Gasteiger partial charge in [-0.05, 0) is 38.5 Å². The molecule has 0 bridgehead atoms. The van der Waals surface area contributed by atoms with Gasteiger partial charge in [0.2, 0.25) is 11.8 Å². The fraction of sp³-hybridized carbons (Fsp3) is 0.917. The number of hydrogen-bond acceptors (Lipinski definition) is 6. The number of ether oxygens (including phenoxy) is 1. The van der Waals surface area contributed by atoms with Crippen LogP contribution in [0.1, 0.15) is 258 Å². The molecular weight excluding hydrogens is 717 g/mol. The Labute approximate surface area is 350 Å². The number of carbonyl (C=O) groups excluding carboxylic acids is 3. The summed E-state index contributed by atoms with van der Waals surface area (Å²) in [4.78, 5) is 47.7. The van der Waals surface area contributed by atoms with E-state index < -0.39 is 24.5 Å². The summed E-state index contributed by atoms with van der Waals surface area (Å²) in [5.41, 5.74) is 0. The molecule has 0 aliphatic heterocycles. The molecule has 2 atom stereocenters. The highest BCUT2D eigenvalue weighted by molar-refractivity contribution is 5.87. The number of aliphatic carboxylic acids is 1. The lowest BCUT2D eigenvalue weighted by Crippen LogP contribution is -2.47. The van der Waals surface area contributed by atoms with Crippen molar-refractivity contribution in [2.24, 2.45) is 0 Å². The Morgan fingerprint density at radius 2 is 0.789 bits per heavy atom. The van der Waals surface area contributed by atoms with E-state index in [4.69, 9.17) is 14.9 Å². The van der Waals surface area contributed by atoms with E-state index in [1.807, 2.05) is 0 Å². The molecular formula is C48H92N2O7. The van der Waals surface area contributed by atoms with Gasteiger partial charge in [-0.25, -0.2) is 4.79 Å². The molecule has 0 aliphatic rings. The summed E-state index contributed by atoms with van der Waals surface area (Å²) >= 11 is 0. The van der Waals surface area contributed by atoms with Crippen molar-refractivity contribution in [2.75, 3.05) is 13.2 Å². The van der Waals surface area contributed by atoms with Crippen LogP contribution in [0.5, 0.6) is 0 Å². The highest BCUT2D eigenvalue weighted by atomic mass is 16.5. The van der Waals surface area contributed by atoms with E-state index in [-0.39, 0.29) is 24.5 Å². The summed E-state index contributed by atoms with van der Waals surface area (Å²) in [7, 11) is 0. The Balaban J connectivity index is 4.27. The van der Waals surface area contributed by atoms with E-state index in [1.165, 1.54) is 167 Å².